The number of nitrogens with zero attached hydrogens (tertiary/aromatic N) is 2. The monoisotopic (exact) mass is 484 g/mol. The molecular weight excluding hydrogens is 447 g/mol. The van der Waals surface area contributed by atoms with Crippen molar-refractivity contribution in [3.8, 4) is 0 Å². The van der Waals surface area contributed by atoms with Gasteiger partial charge in [0.05, 0.1) is 12.6 Å². The van der Waals surface area contributed by atoms with Gasteiger partial charge >= 0.3 is 0 Å². The minimum absolute atomic E-state index is 0.0305. The van der Waals surface area contributed by atoms with E-state index in [0.717, 1.165) is 24.1 Å². The number of allylic oxidation sites excluding steroid dienone is 2. The summed E-state index contributed by atoms with van der Waals surface area (Å²) in [5.74, 6) is -0.248. The van der Waals surface area contributed by atoms with Crippen LogP contribution in [0.3, 0.4) is 0 Å². The molecule has 4 rings (SSSR count). The minimum atomic E-state index is -0.278. The van der Waals surface area contributed by atoms with Gasteiger partial charge in [0.2, 0.25) is 5.91 Å². The second kappa shape index (κ2) is 11.2. The number of carbonyl (C=O) groups is 1. The Bertz CT molecular complexity index is 1200. The number of rotatable bonds is 8. The fraction of sp³-hybridized carbons (Fsp3) is 0.344. The van der Waals surface area contributed by atoms with Gasteiger partial charge in [-0.3, -0.25) is 9.69 Å². The van der Waals surface area contributed by atoms with E-state index >= 15 is 0 Å². The van der Waals surface area contributed by atoms with E-state index in [-0.39, 0.29) is 30.4 Å². The lowest BCUT2D eigenvalue weighted by molar-refractivity contribution is -0.136. The van der Waals surface area contributed by atoms with Gasteiger partial charge in [0.1, 0.15) is 5.82 Å². The van der Waals surface area contributed by atoms with E-state index in [0.29, 0.717) is 24.9 Å². The van der Waals surface area contributed by atoms with Crippen LogP contribution in [-0.4, -0.2) is 34.8 Å². The average molecular weight is 485 g/mol. The van der Waals surface area contributed by atoms with Crippen LogP contribution >= 0.6 is 0 Å². The molecule has 0 N–H and O–H groups in total. The molecule has 2 aromatic carbocycles. The molecule has 36 heavy (non-hydrogen) atoms. The molecule has 0 saturated heterocycles. The van der Waals surface area contributed by atoms with Gasteiger partial charge in [-0.2, -0.15) is 0 Å². The van der Waals surface area contributed by atoms with Gasteiger partial charge in [-0.25, -0.2) is 4.39 Å². The maximum absolute atomic E-state index is 14.7. The predicted octanol–water partition coefficient (Wildman–Crippen LogP) is 7.08. The molecule has 0 radical (unpaired) electrons. The maximum atomic E-state index is 14.7. The Kier molecular flexibility index (Phi) is 8.05. The second-order valence-corrected chi connectivity index (χ2v) is 10.1. The van der Waals surface area contributed by atoms with Crippen LogP contribution in [0.2, 0.25) is 0 Å². The van der Waals surface area contributed by atoms with E-state index in [4.69, 9.17) is 0 Å². The van der Waals surface area contributed by atoms with Crippen LogP contribution in [0.15, 0.2) is 96.1 Å². The molecular formula is C32H37FN2O. The fourth-order valence-corrected chi connectivity index (χ4v) is 5.63. The molecule has 1 heterocycles. The first-order chi connectivity index (χ1) is 17.3. The number of amides is 1. The maximum Gasteiger partial charge on any atom is 0.237 e. The SMILES string of the molecule is C=CC1=C(C=C)CC(N(Cc2ccccc2F)C(=O)CN2CCC(C)=C(C)C2c2ccccc2C)C1. The molecule has 1 unspecified atom stereocenters. The molecule has 0 fully saturated rings. The zero-order valence-corrected chi connectivity index (χ0v) is 21.8. The van der Waals surface area contributed by atoms with Crippen molar-refractivity contribution in [2.24, 2.45) is 0 Å². The number of carbonyl (C=O) groups excluding carboxylic acids is 1. The molecule has 4 heteroatoms. The van der Waals surface area contributed by atoms with Crippen LogP contribution in [0.5, 0.6) is 0 Å². The summed E-state index contributed by atoms with van der Waals surface area (Å²) < 4.78 is 14.7. The quantitative estimate of drug-likeness (QED) is 0.374. The van der Waals surface area contributed by atoms with E-state index in [9.17, 15) is 9.18 Å². The Morgan fingerprint density at radius 1 is 1.03 bits per heavy atom. The second-order valence-electron chi connectivity index (χ2n) is 10.1. The third-order valence-electron chi connectivity index (χ3n) is 7.92. The van der Waals surface area contributed by atoms with Crippen LogP contribution in [0.25, 0.3) is 0 Å². The van der Waals surface area contributed by atoms with Crippen molar-refractivity contribution >= 4 is 5.91 Å². The summed E-state index contributed by atoms with van der Waals surface area (Å²) in [5.41, 5.74) is 7.95. The first-order valence-corrected chi connectivity index (χ1v) is 12.8. The predicted molar refractivity (Wildman–Crippen MR) is 146 cm³/mol. The Hall–Kier alpha value is -3.24. The van der Waals surface area contributed by atoms with Crippen molar-refractivity contribution in [3.63, 3.8) is 0 Å². The first-order valence-electron chi connectivity index (χ1n) is 12.8. The molecule has 1 atom stereocenters. The lowest BCUT2D eigenvalue weighted by Gasteiger charge is -2.40. The highest BCUT2D eigenvalue weighted by molar-refractivity contribution is 5.79. The number of aryl methyl sites for hydroxylation is 1. The third kappa shape index (κ3) is 5.29. The topological polar surface area (TPSA) is 23.6 Å². The third-order valence-corrected chi connectivity index (χ3v) is 7.92. The summed E-state index contributed by atoms with van der Waals surface area (Å²) in [7, 11) is 0. The first kappa shape index (κ1) is 25.8. The number of hydrogen-bond donors (Lipinski definition) is 0. The van der Waals surface area contributed by atoms with Gasteiger partial charge in [-0.15, -0.1) is 0 Å². The lowest BCUT2D eigenvalue weighted by atomic mass is 9.87. The highest BCUT2D eigenvalue weighted by Gasteiger charge is 2.34. The zero-order chi connectivity index (χ0) is 25.8. The molecule has 2 aliphatic rings. The van der Waals surface area contributed by atoms with Gasteiger partial charge in [-0.05, 0) is 68.4 Å². The van der Waals surface area contributed by atoms with Crippen molar-refractivity contribution in [1.82, 2.24) is 9.80 Å². The summed E-state index contributed by atoms with van der Waals surface area (Å²) >= 11 is 0. The van der Waals surface area contributed by atoms with Gasteiger partial charge in [0, 0.05) is 24.7 Å². The van der Waals surface area contributed by atoms with E-state index in [1.165, 1.54) is 28.3 Å². The number of halogens is 1. The Morgan fingerprint density at radius 3 is 2.31 bits per heavy atom. The molecule has 1 aliphatic heterocycles. The molecule has 1 amide bonds. The highest BCUT2D eigenvalue weighted by atomic mass is 19.1. The molecule has 0 saturated carbocycles. The normalized spacial score (nSPS) is 19.1. The van der Waals surface area contributed by atoms with Gasteiger partial charge in [0.15, 0.2) is 0 Å². The largest absolute Gasteiger partial charge is 0.333 e. The van der Waals surface area contributed by atoms with E-state index in [2.05, 4.69) is 63.1 Å². The average Bonchev–Trinajstić information content (AvgIpc) is 3.30. The van der Waals surface area contributed by atoms with Crippen LogP contribution < -0.4 is 0 Å². The van der Waals surface area contributed by atoms with Crippen molar-refractivity contribution in [3.05, 3.63) is 119 Å². The van der Waals surface area contributed by atoms with Crippen LogP contribution in [0, 0.1) is 12.7 Å². The molecule has 0 aromatic heterocycles. The van der Waals surface area contributed by atoms with Crippen molar-refractivity contribution in [2.75, 3.05) is 13.1 Å². The molecule has 188 valence electrons. The summed E-state index contributed by atoms with van der Waals surface area (Å²) in [6.07, 6.45) is 6.09. The summed E-state index contributed by atoms with van der Waals surface area (Å²) in [6, 6.07) is 15.2. The smallest absolute Gasteiger partial charge is 0.237 e. The van der Waals surface area contributed by atoms with E-state index in [1.54, 1.807) is 12.1 Å². The van der Waals surface area contributed by atoms with E-state index in [1.807, 2.05) is 23.1 Å². The van der Waals surface area contributed by atoms with Crippen LogP contribution in [-0.2, 0) is 11.3 Å². The van der Waals surface area contributed by atoms with Gasteiger partial charge < -0.3 is 4.90 Å². The number of hydrogen-bond acceptors (Lipinski definition) is 2. The van der Waals surface area contributed by atoms with Gasteiger partial charge in [0.25, 0.3) is 0 Å². The Labute approximate surface area is 215 Å². The van der Waals surface area contributed by atoms with Crippen molar-refractivity contribution in [1.29, 1.82) is 0 Å². The van der Waals surface area contributed by atoms with Gasteiger partial charge in [-0.1, -0.05) is 78.9 Å². The van der Waals surface area contributed by atoms with Crippen molar-refractivity contribution in [2.45, 2.75) is 58.7 Å². The molecule has 3 nitrogen and oxygen atoms in total. The Balaban J connectivity index is 1.64. The summed E-state index contributed by atoms with van der Waals surface area (Å²) in [6.45, 7) is 15.8. The standard InChI is InChI=1S/C32H37FN2O/c1-6-25-18-28(19-26(25)7-2)35(20-27-13-9-11-15-30(27)33)31(36)21-34-17-16-22(3)24(5)32(34)29-14-10-8-12-23(29)4/h6-15,28,32H,1-2,16-21H2,3-5H3. The van der Waals surface area contributed by atoms with Crippen LogP contribution in [0.4, 0.5) is 4.39 Å². The Morgan fingerprint density at radius 2 is 1.67 bits per heavy atom. The van der Waals surface area contributed by atoms with E-state index < -0.39 is 0 Å². The zero-order valence-electron chi connectivity index (χ0n) is 21.8. The number of benzene rings is 2. The summed E-state index contributed by atoms with van der Waals surface area (Å²) in [5, 5.41) is 0. The fourth-order valence-electron chi connectivity index (χ4n) is 5.63. The van der Waals surface area contributed by atoms with Crippen molar-refractivity contribution < 1.29 is 9.18 Å². The lowest BCUT2D eigenvalue weighted by Crippen LogP contribution is -2.47. The minimum Gasteiger partial charge on any atom is -0.333 e. The molecule has 2 aromatic rings. The molecule has 0 bridgehead atoms. The summed E-state index contributed by atoms with van der Waals surface area (Å²) in [4.78, 5) is 18.2. The molecule has 0 spiro atoms. The highest BCUT2D eigenvalue weighted by Crippen LogP contribution is 2.37. The molecule has 1 aliphatic carbocycles. The van der Waals surface area contributed by atoms with Crippen LogP contribution in [0.1, 0.15) is 55.8 Å².